The van der Waals surface area contributed by atoms with Crippen LogP contribution in [0.1, 0.15) is 16.2 Å². The van der Waals surface area contributed by atoms with E-state index in [9.17, 15) is 9.59 Å². The molecule has 0 aromatic rings. The molecule has 0 aliphatic carbocycles. The number of hydrogen-bond donors (Lipinski definition) is 0. The minimum atomic E-state index is -0.693. The van der Waals surface area contributed by atoms with Crippen molar-refractivity contribution in [3.8, 4) is 0 Å². The number of esters is 2. The second-order valence-electron chi connectivity index (χ2n) is 1.35. The average Bonchev–Trinajstić information content (AvgIpc) is 1.87. The first-order chi connectivity index (χ1) is 4.20. The molecule has 0 radical (unpaired) electrons. The Morgan fingerprint density at radius 3 is 2.50 bits per heavy atom. The van der Waals surface area contributed by atoms with Gasteiger partial charge in [-0.2, -0.15) is 0 Å². The smallest absolute Gasteiger partial charge is 1.00 e. The summed E-state index contributed by atoms with van der Waals surface area (Å²) in [4.78, 5) is 20.5. The summed E-state index contributed by atoms with van der Waals surface area (Å²) < 4.78 is 4.15. The van der Waals surface area contributed by atoms with Gasteiger partial charge in [-0.3, -0.25) is 4.79 Å². The second-order valence-corrected chi connectivity index (χ2v) is 1.35. The van der Waals surface area contributed by atoms with E-state index in [1.165, 1.54) is 0 Å². The van der Waals surface area contributed by atoms with Crippen molar-refractivity contribution in [2.45, 2.75) is 13.3 Å². The Bertz CT molecular complexity index is 150. The third-order valence-electron chi connectivity index (χ3n) is 0.670. The molecule has 0 bridgehead atoms. The van der Waals surface area contributed by atoms with E-state index in [0.29, 0.717) is 0 Å². The molecule has 0 saturated carbocycles. The van der Waals surface area contributed by atoms with E-state index < -0.39 is 11.9 Å². The van der Waals surface area contributed by atoms with Crippen molar-refractivity contribution >= 4 is 35.0 Å². The topological polar surface area (TPSA) is 43.4 Å². The molecule has 0 aliphatic heterocycles. The first-order valence-electron chi connectivity index (χ1n) is 2.57. The van der Waals surface area contributed by atoms with E-state index in [1.54, 1.807) is 6.92 Å². The van der Waals surface area contributed by atoms with Gasteiger partial charge in [0.2, 0.25) is 0 Å². The van der Waals surface area contributed by atoms with Gasteiger partial charge in [0.15, 0.2) is 0 Å². The van der Waals surface area contributed by atoms with Gasteiger partial charge in [0, 0.05) is 12.5 Å². The predicted octanol–water partition coefficient (Wildman–Crippen LogP) is 0.496. The fourth-order valence-corrected chi connectivity index (χ4v) is 0.226. The summed E-state index contributed by atoms with van der Waals surface area (Å²) in [5.41, 5.74) is 0. The molecule has 0 heterocycles. The van der Waals surface area contributed by atoms with Crippen LogP contribution < -0.4 is 0 Å². The average molecular weight is 154 g/mol. The van der Waals surface area contributed by atoms with E-state index in [0.717, 1.165) is 6.08 Å². The number of ether oxygens (including phenoxy) is 1. The molecule has 0 spiro atoms. The summed E-state index contributed by atoms with van der Waals surface area (Å²) in [5.74, 6) is -1.22. The van der Waals surface area contributed by atoms with Crippen molar-refractivity contribution in [3.63, 3.8) is 0 Å². The van der Waals surface area contributed by atoms with E-state index in [1.807, 2.05) is 0 Å². The predicted molar refractivity (Wildman–Crippen MR) is 39.6 cm³/mol. The maximum absolute atomic E-state index is 10.3. The molecule has 54 valence electrons. The molecule has 10 heavy (non-hydrogen) atoms. The fourth-order valence-electron chi connectivity index (χ4n) is 0.226. The Labute approximate surface area is 78.6 Å². The quantitative estimate of drug-likeness (QED) is 0.252. The molecule has 0 rings (SSSR count). The van der Waals surface area contributed by atoms with Crippen molar-refractivity contribution in [2.75, 3.05) is 0 Å². The molecule has 0 fully saturated rings. The number of hydrogen-bond acceptors (Lipinski definition) is 3. The molecule has 0 N–H and O–H groups in total. The van der Waals surface area contributed by atoms with E-state index in [-0.39, 0.29) is 32.3 Å². The van der Waals surface area contributed by atoms with Crippen LogP contribution in [0.3, 0.4) is 0 Å². The van der Waals surface area contributed by atoms with Crippen LogP contribution in [-0.2, 0) is 14.3 Å². The molecule has 0 aromatic carbocycles. The second kappa shape index (κ2) is 6.76. The van der Waals surface area contributed by atoms with Crippen LogP contribution in [0.25, 0.3) is 0 Å². The third kappa shape index (κ3) is 5.78. The van der Waals surface area contributed by atoms with Crippen molar-refractivity contribution in [2.24, 2.45) is 0 Å². The van der Waals surface area contributed by atoms with Gasteiger partial charge >= 0.3 is 35.0 Å². The zero-order valence-corrected chi connectivity index (χ0v) is 7.34. The van der Waals surface area contributed by atoms with Crippen molar-refractivity contribution in [1.82, 2.24) is 0 Å². The molecule has 0 atom stereocenters. The van der Waals surface area contributed by atoms with E-state index in [4.69, 9.17) is 0 Å². The van der Waals surface area contributed by atoms with Crippen LogP contribution >= 0.6 is 0 Å². The van der Waals surface area contributed by atoms with Crippen LogP contribution in [0.2, 0.25) is 0 Å². The Morgan fingerprint density at radius 2 is 2.20 bits per heavy atom. The van der Waals surface area contributed by atoms with Crippen LogP contribution in [0.5, 0.6) is 0 Å². The Hall–Kier alpha value is -0.354. The zero-order chi connectivity index (χ0) is 7.28. The van der Waals surface area contributed by atoms with Crippen LogP contribution in [0.4, 0.5) is 0 Å². The van der Waals surface area contributed by atoms with Crippen LogP contribution in [0.15, 0.2) is 12.7 Å². The van der Waals surface area contributed by atoms with Gasteiger partial charge in [0.1, 0.15) is 0 Å². The molecular formula is C6H10MgO3. The van der Waals surface area contributed by atoms with Crippen LogP contribution in [-0.4, -0.2) is 35.0 Å². The fraction of sp³-hybridized carbons (Fsp3) is 0.333. The first kappa shape index (κ1) is 12.3. The monoisotopic (exact) mass is 154 g/mol. The maximum atomic E-state index is 10.3. The van der Waals surface area contributed by atoms with Gasteiger partial charge in [-0.15, -0.1) is 0 Å². The molecular weight excluding hydrogens is 144 g/mol. The third-order valence-corrected chi connectivity index (χ3v) is 0.670. The van der Waals surface area contributed by atoms with Crippen LogP contribution in [0, 0.1) is 0 Å². The number of carbonyl (C=O) groups excluding carboxylic acids is 2. The van der Waals surface area contributed by atoms with Gasteiger partial charge in [-0.1, -0.05) is 13.5 Å². The van der Waals surface area contributed by atoms with Gasteiger partial charge in [0.05, 0.1) is 0 Å². The summed E-state index contributed by atoms with van der Waals surface area (Å²) in [5, 5.41) is 0. The zero-order valence-electron chi connectivity index (χ0n) is 7.92. The van der Waals surface area contributed by atoms with Gasteiger partial charge < -0.3 is 7.59 Å². The van der Waals surface area contributed by atoms with Gasteiger partial charge in [-0.05, 0) is 0 Å². The minimum absolute atomic E-state index is 0. The van der Waals surface area contributed by atoms with Crippen molar-refractivity contribution in [1.29, 1.82) is 0 Å². The van der Waals surface area contributed by atoms with Gasteiger partial charge in [-0.25, -0.2) is 4.79 Å². The molecule has 3 nitrogen and oxygen atoms in total. The maximum Gasteiger partial charge on any atom is 2.00 e. The number of carbonyl (C=O) groups is 2. The summed E-state index contributed by atoms with van der Waals surface area (Å²) in [6, 6.07) is 0. The summed E-state index contributed by atoms with van der Waals surface area (Å²) >= 11 is 0. The molecule has 0 amide bonds. The molecule has 0 aliphatic rings. The number of rotatable bonds is 2. The molecule has 0 saturated heterocycles. The first-order valence-corrected chi connectivity index (χ1v) is 2.57. The van der Waals surface area contributed by atoms with Crippen molar-refractivity contribution < 1.29 is 17.2 Å². The SMILES string of the molecule is C=CC(=O)OC(=O)CC.[H-].[H-].[Mg+2]. The van der Waals surface area contributed by atoms with E-state index >= 15 is 0 Å². The van der Waals surface area contributed by atoms with Gasteiger partial charge in [0.25, 0.3) is 0 Å². The largest absolute Gasteiger partial charge is 2.00 e. The summed E-state index contributed by atoms with van der Waals surface area (Å²) in [6.45, 7) is 4.73. The minimum Gasteiger partial charge on any atom is -1.00 e. The molecule has 4 heteroatoms. The standard InChI is InChI=1S/C6H8O3.Mg.2H/c1-3-5(7)9-6(8)4-2;;;/h3H,1,4H2,2H3;;;/q;+2;2*-1. The molecule has 0 unspecified atom stereocenters. The summed E-state index contributed by atoms with van der Waals surface area (Å²) in [7, 11) is 0. The Morgan fingerprint density at radius 1 is 1.70 bits per heavy atom. The van der Waals surface area contributed by atoms with E-state index in [2.05, 4.69) is 11.3 Å². The normalized spacial score (nSPS) is 7.30. The molecule has 0 aromatic heterocycles. The Kier molecular flexibility index (Phi) is 8.34. The summed E-state index contributed by atoms with van der Waals surface area (Å²) in [6.07, 6.45) is 1.16. The Balaban J connectivity index is -0.000000107. The van der Waals surface area contributed by atoms with Crippen molar-refractivity contribution in [3.05, 3.63) is 12.7 Å².